The van der Waals surface area contributed by atoms with Gasteiger partial charge in [-0.3, -0.25) is 0 Å². The van der Waals surface area contributed by atoms with Gasteiger partial charge in [0.2, 0.25) is 0 Å². The van der Waals surface area contributed by atoms with Crippen LogP contribution in [0, 0.1) is 5.82 Å². The van der Waals surface area contributed by atoms with Crippen molar-refractivity contribution in [1.29, 1.82) is 0 Å². The number of hydrogen-bond donors (Lipinski definition) is 1. The summed E-state index contributed by atoms with van der Waals surface area (Å²) in [6.45, 7) is 6.10. The lowest BCUT2D eigenvalue weighted by molar-refractivity contribution is 0.341. The summed E-state index contributed by atoms with van der Waals surface area (Å²) in [5.41, 5.74) is 2.96. The van der Waals surface area contributed by atoms with Gasteiger partial charge in [0, 0.05) is 12.1 Å². The molecule has 0 atom stereocenters. The van der Waals surface area contributed by atoms with Crippen LogP contribution in [0.2, 0.25) is 0 Å². The fraction of sp³-hybridized carbons (Fsp3) is 0.294. The van der Waals surface area contributed by atoms with Crippen LogP contribution in [0.5, 0.6) is 5.75 Å². The van der Waals surface area contributed by atoms with Crippen LogP contribution >= 0.6 is 0 Å². The molecule has 2 rings (SSSR count). The maximum Gasteiger partial charge on any atom is 0.127 e. The van der Waals surface area contributed by atoms with E-state index < -0.39 is 0 Å². The topological polar surface area (TPSA) is 21.3 Å². The molecular formula is C17H20FNO. The molecule has 0 radical (unpaired) electrons. The van der Waals surface area contributed by atoms with Gasteiger partial charge in [0.15, 0.2) is 0 Å². The molecule has 3 heteroatoms. The molecule has 0 saturated carbocycles. The first-order valence-corrected chi connectivity index (χ1v) is 6.97. The minimum Gasteiger partial charge on any atom is -0.493 e. The highest BCUT2D eigenvalue weighted by atomic mass is 19.1. The van der Waals surface area contributed by atoms with E-state index in [4.69, 9.17) is 4.74 Å². The van der Waals surface area contributed by atoms with E-state index in [0.29, 0.717) is 13.2 Å². The summed E-state index contributed by atoms with van der Waals surface area (Å²) in [6, 6.07) is 12.8. The summed E-state index contributed by atoms with van der Waals surface area (Å²) < 4.78 is 19.1. The minimum absolute atomic E-state index is 0.212. The lowest BCUT2D eigenvalue weighted by Gasteiger charge is -2.14. The van der Waals surface area contributed by atoms with Crippen LogP contribution in [-0.2, 0) is 6.54 Å². The normalized spacial score (nSPS) is 10.6. The fourth-order valence-electron chi connectivity index (χ4n) is 2.20. The van der Waals surface area contributed by atoms with E-state index in [1.807, 2.05) is 44.2 Å². The highest BCUT2D eigenvalue weighted by molar-refractivity contribution is 5.73. The van der Waals surface area contributed by atoms with Crippen molar-refractivity contribution < 1.29 is 9.13 Å². The third-order valence-electron chi connectivity index (χ3n) is 3.11. The Kier molecular flexibility index (Phi) is 5.13. The zero-order valence-corrected chi connectivity index (χ0v) is 11.9. The summed E-state index contributed by atoms with van der Waals surface area (Å²) in [6.07, 6.45) is 0. The largest absolute Gasteiger partial charge is 0.493 e. The van der Waals surface area contributed by atoms with E-state index in [0.717, 1.165) is 29.0 Å². The van der Waals surface area contributed by atoms with E-state index in [9.17, 15) is 4.39 Å². The van der Waals surface area contributed by atoms with E-state index >= 15 is 0 Å². The van der Waals surface area contributed by atoms with Crippen molar-refractivity contribution in [3.05, 3.63) is 53.8 Å². The van der Waals surface area contributed by atoms with Crippen LogP contribution in [-0.4, -0.2) is 13.2 Å². The molecule has 0 fully saturated rings. The Morgan fingerprint density at radius 2 is 1.85 bits per heavy atom. The first-order valence-electron chi connectivity index (χ1n) is 6.97. The van der Waals surface area contributed by atoms with Crippen LogP contribution < -0.4 is 10.1 Å². The maximum atomic E-state index is 13.5. The summed E-state index contributed by atoms with van der Waals surface area (Å²) in [4.78, 5) is 0. The van der Waals surface area contributed by atoms with Gasteiger partial charge >= 0.3 is 0 Å². The first kappa shape index (κ1) is 14.5. The van der Waals surface area contributed by atoms with Gasteiger partial charge in [0.1, 0.15) is 11.6 Å². The van der Waals surface area contributed by atoms with Crippen LogP contribution in [0.4, 0.5) is 4.39 Å². The van der Waals surface area contributed by atoms with Gasteiger partial charge in [-0.05, 0) is 42.8 Å². The number of ether oxygens (including phenoxy) is 1. The molecule has 1 N–H and O–H groups in total. The molecule has 20 heavy (non-hydrogen) atoms. The standard InChI is InChI=1S/C17H20FNO/c1-3-19-12-13-11-14(18)9-10-15(13)16-7-5-6-8-17(16)20-4-2/h5-11,19H,3-4,12H2,1-2H3. The van der Waals surface area contributed by atoms with E-state index in [1.165, 1.54) is 6.07 Å². The average molecular weight is 273 g/mol. The molecule has 0 spiro atoms. The molecule has 0 bridgehead atoms. The van der Waals surface area contributed by atoms with Gasteiger partial charge in [-0.25, -0.2) is 4.39 Å². The molecule has 0 aliphatic rings. The third-order valence-corrected chi connectivity index (χ3v) is 3.11. The van der Waals surface area contributed by atoms with Gasteiger partial charge in [-0.2, -0.15) is 0 Å². The molecular weight excluding hydrogens is 253 g/mol. The monoisotopic (exact) mass is 273 g/mol. The quantitative estimate of drug-likeness (QED) is 0.859. The molecule has 0 aromatic heterocycles. The Labute approximate surface area is 119 Å². The second kappa shape index (κ2) is 7.06. The molecule has 0 amide bonds. The summed E-state index contributed by atoms with van der Waals surface area (Å²) in [5, 5.41) is 3.25. The maximum absolute atomic E-state index is 13.5. The summed E-state index contributed by atoms with van der Waals surface area (Å²) in [7, 11) is 0. The third kappa shape index (κ3) is 3.36. The lowest BCUT2D eigenvalue weighted by atomic mass is 9.98. The highest BCUT2D eigenvalue weighted by Gasteiger charge is 2.10. The van der Waals surface area contributed by atoms with Gasteiger partial charge in [-0.1, -0.05) is 31.2 Å². The zero-order chi connectivity index (χ0) is 14.4. The molecule has 0 heterocycles. The van der Waals surface area contributed by atoms with Crippen LogP contribution in [0.15, 0.2) is 42.5 Å². The summed E-state index contributed by atoms with van der Waals surface area (Å²) in [5.74, 6) is 0.620. The fourth-order valence-corrected chi connectivity index (χ4v) is 2.20. The number of para-hydroxylation sites is 1. The number of nitrogens with one attached hydrogen (secondary N) is 1. The second-order valence-electron chi connectivity index (χ2n) is 4.51. The minimum atomic E-state index is -0.212. The molecule has 0 aliphatic carbocycles. The van der Waals surface area contributed by atoms with E-state index in [1.54, 1.807) is 6.07 Å². The molecule has 0 saturated heterocycles. The molecule has 2 aromatic rings. The van der Waals surface area contributed by atoms with Crippen molar-refractivity contribution in [1.82, 2.24) is 5.32 Å². The predicted molar refractivity (Wildman–Crippen MR) is 80.4 cm³/mol. The molecule has 0 unspecified atom stereocenters. The van der Waals surface area contributed by atoms with Gasteiger partial charge in [-0.15, -0.1) is 0 Å². The molecule has 0 aliphatic heterocycles. The van der Waals surface area contributed by atoms with Crippen molar-refractivity contribution in [3.63, 3.8) is 0 Å². The molecule has 2 nitrogen and oxygen atoms in total. The van der Waals surface area contributed by atoms with Gasteiger partial charge < -0.3 is 10.1 Å². The number of benzene rings is 2. The highest BCUT2D eigenvalue weighted by Crippen LogP contribution is 2.32. The van der Waals surface area contributed by atoms with Crippen LogP contribution in [0.3, 0.4) is 0 Å². The van der Waals surface area contributed by atoms with Gasteiger partial charge in [0.05, 0.1) is 6.61 Å². The van der Waals surface area contributed by atoms with Gasteiger partial charge in [0.25, 0.3) is 0 Å². The van der Waals surface area contributed by atoms with Crippen LogP contribution in [0.1, 0.15) is 19.4 Å². The van der Waals surface area contributed by atoms with Crippen LogP contribution in [0.25, 0.3) is 11.1 Å². The first-order chi connectivity index (χ1) is 9.76. The Hall–Kier alpha value is -1.87. The van der Waals surface area contributed by atoms with Crippen molar-refractivity contribution in [2.45, 2.75) is 20.4 Å². The van der Waals surface area contributed by atoms with Crippen molar-refractivity contribution in [2.75, 3.05) is 13.2 Å². The van der Waals surface area contributed by atoms with Crippen molar-refractivity contribution in [3.8, 4) is 16.9 Å². The van der Waals surface area contributed by atoms with Crippen molar-refractivity contribution in [2.24, 2.45) is 0 Å². The average Bonchev–Trinajstić information content (AvgIpc) is 2.46. The Morgan fingerprint density at radius 1 is 1.05 bits per heavy atom. The number of halogens is 1. The predicted octanol–water partition coefficient (Wildman–Crippen LogP) is 4.00. The number of rotatable bonds is 6. The summed E-state index contributed by atoms with van der Waals surface area (Å²) >= 11 is 0. The zero-order valence-electron chi connectivity index (χ0n) is 11.9. The van der Waals surface area contributed by atoms with Crippen molar-refractivity contribution >= 4 is 0 Å². The smallest absolute Gasteiger partial charge is 0.127 e. The Balaban J connectivity index is 2.46. The molecule has 2 aromatic carbocycles. The molecule has 106 valence electrons. The Bertz CT molecular complexity index is 569. The Morgan fingerprint density at radius 3 is 2.60 bits per heavy atom. The lowest BCUT2D eigenvalue weighted by Crippen LogP contribution is -2.12. The van der Waals surface area contributed by atoms with E-state index in [-0.39, 0.29) is 5.82 Å². The van der Waals surface area contributed by atoms with E-state index in [2.05, 4.69) is 5.32 Å². The SMILES string of the molecule is CCNCc1cc(F)ccc1-c1ccccc1OCC. The second-order valence-corrected chi connectivity index (χ2v) is 4.51. The number of hydrogen-bond acceptors (Lipinski definition) is 2.